The highest BCUT2D eigenvalue weighted by Crippen LogP contribution is 2.47. The van der Waals surface area contributed by atoms with E-state index in [9.17, 15) is 4.46 Å². The molecule has 4 atom stereocenters. The first-order valence-corrected chi connectivity index (χ1v) is 14.7. The molecule has 0 bridgehead atoms. The van der Waals surface area contributed by atoms with Gasteiger partial charge in [-0.3, -0.25) is 0 Å². The quantitative estimate of drug-likeness (QED) is 0.358. The Morgan fingerprint density at radius 3 is 2.08 bits per heavy atom. The van der Waals surface area contributed by atoms with Gasteiger partial charge in [0.15, 0.2) is 11.4 Å². The van der Waals surface area contributed by atoms with Crippen LogP contribution in [0.3, 0.4) is 0 Å². The van der Waals surface area contributed by atoms with Gasteiger partial charge in [-0.2, -0.15) is 5.10 Å². The zero-order valence-corrected chi connectivity index (χ0v) is 24.4. The molecule has 2 saturated heterocycles. The van der Waals surface area contributed by atoms with Crippen molar-refractivity contribution in [2.75, 3.05) is 0 Å². The fourth-order valence-electron chi connectivity index (χ4n) is 5.12. The number of aryl methyl sites for hydroxylation is 1. The summed E-state index contributed by atoms with van der Waals surface area (Å²) in [7, 11) is -1.79. The topological polar surface area (TPSA) is 87.8 Å². The number of benzene rings is 2. The van der Waals surface area contributed by atoms with Crippen LogP contribution < -0.4 is 10.4 Å². The Bertz CT molecular complexity index is 1390. The van der Waals surface area contributed by atoms with Gasteiger partial charge in [0.05, 0.1) is 24.2 Å². The van der Waals surface area contributed by atoms with E-state index in [0.29, 0.717) is 11.5 Å². The molecule has 9 heteroatoms. The smallest absolute Gasteiger partial charge is 0.346 e. The van der Waals surface area contributed by atoms with Gasteiger partial charge in [-0.05, 0) is 32.6 Å². The van der Waals surface area contributed by atoms with Gasteiger partial charge in [0.25, 0.3) is 0 Å². The molecular weight excluding hydrogens is 508 g/mol. The molecule has 6 rings (SSSR count). The summed E-state index contributed by atoms with van der Waals surface area (Å²) in [5.74, 6) is 0.0790. The van der Waals surface area contributed by atoms with Crippen LogP contribution in [0.1, 0.15) is 58.7 Å². The number of nitrogens with zero attached hydrogens (tertiary/aromatic N) is 4. The molecule has 39 heavy (non-hydrogen) atoms. The summed E-state index contributed by atoms with van der Waals surface area (Å²) in [5, 5.41) is 6.34. The minimum Gasteiger partial charge on any atom is -0.376 e. The zero-order chi connectivity index (χ0) is 27.8. The molecule has 2 aliphatic heterocycles. The summed E-state index contributed by atoms with van der Waals surface area (Å²) in [4.78, 5) is 8.63. The van der Waals surface area contributed by atoms with E-state index in [-0.39, 0.29) is 29.8 Å². The molecule has 2 fully saturated rings. The van der Waals surface area contributed by atoms with Crippen LogP contribution in [0.15, 0.2) is 73.1 Å². The molecule has 0 unspecified atom stereocenters. The molecule has 0 saturated carbocycles. The van der Waals surface area contributed by atoms with E-state index < -0.39 is 14.5 Å². The van der Waals surface area contributed by atoms with Gasteiger partial charge in [0, 0.05) is 10.4 Å². The van der Waals surface area contributed by atoms with E-state index in [4.69, 9.17) is 14.2 Å². The van der Waals surface area contributed by atoms with Crippen molar-refractivity contribution < 1.29 is 18.7 Å². The van der Waals surface area contributed by atoms with Crippen LogP contribution >= 0.6 is 0 Å². The summed E-state index contributed by atoms with van der Waals surface area (Å²) in [6.07, 6.45) is 3.88. The molecule has 2 aliphatic rings. The van der Waals surface area contributed by atoms with Crippen LogP contribution in [0.5, 0.6) is 0 Å². The first-order valence-electron chi connectivity index (χ1n) is 13.3. The third kappa shape index (κ3) is 6.22. The zero-order valence-electron chi connectivity index (χ0n) is 23.4. The van der Waals surface area contributed by atoms with E-state index in [2.05, 4.69) is 35.8 Å². The second kappa shape index (κ2) is 10.8. The second-order valence-electron chi connectivity index (χ2n) is 11.7. The van der Waals surface area contributed by atoms with E-state index in [1.165, 1.54) is 0 Å². The predicted molar refractivity (Wildman–Crippen MR) is 150 cm³/mol. The lowest BCUT2D eigenvalue weighted by Gasteiger charge is -2.28. The fraction of sp³-hybridized carbons (Fsp3) is 0.433. The van der Waals surface area contributed by atoms with Crippen LogP contribution in [0.2, 0.25) is 0 Å². The highest BCUT2D eigenvalue weighted by molar-refractivity contribution is 6.72. The Kier molecular flexibility index (Phi) is 7.61. The highest BCUT2D eigenvalue weighted by atomic mass is 28.3. The minimum absolute atomic E-state index is 0.0229. The maximum absolute atomic E-state index is 12.0. The van der Waals surface area contributed by atoms with Crippen molar-refractivity contribution in [1.29, 1.82) is 0 Å². The Balaban J connectivity index is 0.000000186. The maximum atomic E-state index is 12.0. The molecular formula is C30H36N4O4Si. The third-order valence-electron chi connectivity index (χ3n) is 6.73. The number of hydrogen-bond donors (Lipinski definition) is 0. The predicted octanol–water partition coefficient (Wildman–Crippen LogP) is 4.05. The van der Waals surface area contributed by atoms with Gasteiger partial charge in [0.1, 0.15) is 24.1 Å². The average Bonchev–Trinajstić information content (AvgIpc) is 3.55. The first-order chi connectivity index (χ1) is 18.5. The van der Waals surface area contributed by atoms with Crippen LogP contribution in [0.25, 0.3) is 5.65 Å². The molecule has 0 N–H and O–H groups in total. The van der Waals surface area contributed by atoms with Gasteiger partial charge < -0.3 is 18.7 Å². The van der Waals surface area contributed by atoms with Crippen molar-refractivity contribution in [2.45, 2.75) is 78.2 Å². The van der Waals surface area contributed by atoms with Crippen LogP contribution in [-0.4, -0.2) is 52.4 Å². The van der Waals surface area contributed by atoms with Crippen molar-refractivity contribution >= 4 is 24.7 Å². The molecule has 0 amide bonds. The standard InChI is InChI=1S/C18H26N4O3.C12H10OSi/c1-10-19-9-13-20-8-11(22(13)21-10)14-16-15(24-18(5,6)25-16)12(23-14)7-17(2,3)4;13-14(11-7-3-1-4-8-11)12-9-5-2-6-10-12/h8-9,12,14-16H,7H2,1-6H3;1-10H/t12-,14+,15-,16+;/m1./s1. The summed E-state index contributed by atoms with van der Waals surface area (Å²) < 4.78 is 32.6. The average molecular weight is 545 g/mol. The van der Waals surface area contributed by atoms with Gasteiger partial charge in [0.2, 0.25) is 0 Å². The van der Waals surface area contributed by atoms with E-state index in [1.54, 1.807) is 16.9 Å². The normalized spacial score (nSPS) is 23.7. The van der Waals surface area contributed by atoms with Crippen molar-refractivity contribution in [2.24, 2.45) is 5.41 Å². The summed E-state index contributed by atoms with van der Waals surface area (Å²) in [5.41, 5.74) is 1.73. The monoisotopic (exact) mass is 544 g/mol. The number of imidazole rings is 1. The molecule has 2 aromatic heterocycles. The molecule has 0 radical (unpaired) electrons. The maximum Gasteiger partial charge on any atom is 0.346 e. The number of hydrogen-bond acceptors (Lipinski definition) is 7. The van der Waals surface area contributed by atoms with Crippen molar-refractivity contribution in [3.05, 3.63) is 84.6 Å². The summed E-state index contributed by atoms with van der Waals surface area (Å²) in [6, 6.07) is 19.2. The molecule has 0 aliphatic carbocycles. The molecule has 4 aromatic rings. The molecule has 2 aromatic carbocycles. The number of fused-ring (bicyclic) bond motifs is 2. The number of aromatic nitrogens is 4. The lowest BCUT2D eigenvalue weighted by molar-refractivity contribution is -0.190. The SMILES string of the molecule is Cc1ncc2ncc([C@@H]3O[C@H](CC(C)(C)C)[C@H]4OC(C)(C)O[C@H]43)n2n1.O=[Si](c1ccccc1)c1ccccc1. The van der Waals surface area contributed by atoms with Crippen LogP contribution in [0, 0.1) is 12.3 Å². The largest absolute Gasteiger partial charge is 0.376 e. The minimum atomic E-state index is -1.79. The third-order valence-corrected chi connectivity index (χ3v) is 8.44. The van der Waals surface area contributed by atoms with Crippen molar-refractivity contribution in [3.63, 3.8) is 0 Å². The van der Waals surface area contributed by atoms with Crippen LogP contribution in [0.4, 0.5) is 0 Å². The lowest BCUT2D eigenvalue weighted by atomic mass is 9.87. The van der Waals surface area contributed by atoms with E-state index in [0.717, 1.165) is 22.5 Å². The van der Waals surface area contributed by atoms with Crippen molar-refractivity contribution in [1.82, 2.24) is 19.6 Å². The van der Waals surface area contributed by atoms with Gasteiger partial charge in [-0.25, -0.2) is 14.5 Å². The van der Waals surface area contributed by atoms with Crippen molar-refractivity contribution in [3.8, 4) is 0 Å². The van der Waals surface area contributed by atoms with E-state index in [1.807, 2.05) is 81.4 Å². The van der Waals surface area contributed by atoms with Crippen LogP contribution in [-0.2, 0) is 18.7 Å². The van der Waals surface area contributed by atoms with Gasteiger partial charge >= 0.3 is 8.68 Å². The highest BCUT2D eigenvalue weighted by Gasteiger charge is 2.56. The second-order valence-corrected chi connectivity index (χ2v) is 13.6. The first kappa shape index (κ1) is 27.5. The molecule has 0 spiro atoms. The Morgan fingerprint density at radius 2 is 1.49 bits per heavy atom. The molecule has 8 nitrogen and oxygen atoms in total. The number of ether oxygens (including phenoxy) is 3. The lowest BCUT2D eigenvalue weighted by Crippen LogP contribution is -2.33. The summed E-state index contributed by atoms with van der Waals surface area (Å²) >= 11 is 0. The Labute approximate surface area is 231 Å². The van der Waals surface area contributed by atoms with E-state index >= 15 is 0 Å². The van der Waals surface area contributed by atoms with Gasteiger partial charge in [-0.1, -0.05) is 81.4 Å². The number of rotatable bonds is 4. The molecule has 204 valence electrons. The summed E-state index contributed by atoms with van der Waals surface area (Å²) in [6.45, 7) is 12.4. The van der Waals surface area contributed by atoms with Gasteiger partial charge in [-0.15, -0.1) is 0 Å². The fourth-order valence-corrected chi connectivity index (χ4v) is 6.44. The Hall–Kier alpha value is -3.11. The Morgan fingerprint density at radius 1 is 0.897 bits per heavy atom. The molecule has 4 heterocycles.